The van der Waals surface area contributed by atoms with Crippen LogP contribution in [-0.4, -0.2) is 20.9 Å². The van der Waals surface area contributed by atoms with Crippen LogP contribution in [0.25, 0.3) is 0 Å². The summed E-state index contributed by atoms with van der Waals surface area (Å²) < 4.78 is 18.0. The molecule has 76 valence electrons. The van der Waals surface area contributed by atoms with Crippen molar-refractivity contribution in [2.75, 3.05) is 6.30 Å². The summed E-state index contributed by atoms with van der Waals surface area (Å²) in [5.41, 5.74) is 0.595. The Morgan fingerprint density at radius 2 is 1.93 bits per heavy atom. The highest BCUT2D eigenvalue weighted by Crippen LogP contribution is 2.16. The van der Waals surface area contributed by atoms with E-state index in [1.807, 2.05) is 0 Å². The van der Waals surface area contributed by atoms with Crippen LogP contribution in [-0.2, 0) is 0 Å². The molecule has 0 unspecified atom stereocenters. The first-order valence-corrected chi connectivity index (χ1v) is 7.49. The molecule has 0 heterocycles. The largest absolute Gasteiger partial charge is 0.541 e. The van der Waals surface area contributed by atoms with E-state index in [9.17, 15) is 9.18 Å². The van der Waals surface area contributed by atoms with E-state index in [0.717, 1.165) is 6.29 Å². The second-order valence-electron chi connectivity index (χ2n) is 3.68. The Labute approximate surface area is 83.8 Å². The minimum Gasteiger partial charge on any atom is -0.541 e. The molecule has 1 aromatic carbocycles. The number of halogens is 1. The molecule has 1 aromatic rings. The highest BCUT2D eigenvalue weighted by Gasteiger charge is 2.24. The standard InChI is InChI=1S/C10H13FO2Si/c1-14(2,8-11)13-10-5-3-9(7-12)4-6-10/h3-7H,8H2,1-2H3. The lowest BCUT2D eigenvalue weighted by Gasteiger charge is -2.20. The molecule has 2 nitrogen and oxygen atoms in total. The summed E-state index contributed by atoms with van der Waals surface area (Å²) in [7, 11) is -2.20. The Morgan fingerprint density at radius 1 is 1.36 bits per heavy atom. The van der Waals surface area contributed by atoms with Crippen molar-refractivity contribution in [2.45, 2.75) is 13.1 Å². The van der Waals surface area contributed by atoms with Crippen LogP contribution in [0.5, 0.6) is 5.75 Å². The van der Waals surface area contributed by atoms with Gasteiger partial charge in [0.25, 0.3) is 8.32 Å². The molecule has 0 atom stereocenters. The fourth-order valence-corrected chi connectivity index (χ4v) is 1.79. The number of benzene rings is 1. The minimum absolute atomic E-state index is 0.414. The summed E-state index contributed by atoms with van der Waals surface area (Å²) in [6, 6.07) is 6.69. The third kappa shape index (κ3) is 2.96. The van der Waals surface area contributed by atoms with E-state index in [4.69, 9.17) is 4.43 Å². The van der Waals surface area contributed by atoms with Crippen LogP contribution in [0.1, 0.15) is 10.4 Å². The van der Waals surface area contributed by atoms with E-state index in [2.05, 4.69) is 0 Å². The molecule has 0 saturated carbocycles. The third-order valence-electron chi connectivity index (χ3n) is 1.73. The first-order valence-electron chi connectivity index (χ1n) is 4.37. The number of carbonyl (C=O) groups is 1. The van der Waals surface area contributed by atoms with E-state index in [0.29, 0.717) is 11.3 Å². The molecule has 0 aliphatic rings. The fourth-order valence-electron chi connectivity index (χ4n) is 0.961. The summed E-state index contributed by atoms with van der Waals surface area (Å²) in [5.74, 6) is 0.630. The van der Waals surface area contributed by atoms with Crippen molar-refractivity contribution in [1.29, 1.82) is 0 Å². The Morgan fingerprint density at radius 3 is 2.36 bits per heavy atom. The van der Waals surface area contributed by atoms with Crippen molar-refractivity contribution in [3.05, 3.63) is 29.8 Å². The van der Waals surface area contributed by atoms with Crippen LogP contribution >= 0.6 is 0 Å². The predicted octanol–water partition coefficient (Wildman–Crippen LogP) is 2.59. The first kappa shape index (κ1) is 10.9. The van der Waals surface area contributed by atoms with Gasteiger partial charge in [-0.2, -0.15) is 0 Å². The van der Waals surface area contributed by atoms with Gasteiger partial charge in [0.2, 0.25) is 0 Å². The van der Waals surface area contributed by atoms with Crippen LogP contribution in [0.4, 0.5) is 4.39 Å². The zero-order valence-corrected chi connectivity index (χ0v) is 9.29. The van der Waals surface area contributed by atoms with Gasteiger partial charge in [-0.25, -0.2) is 0 Å². The van der Waals surface area contributed by atoms with E-state index in [1.54, 1.807) is 37.4 Å². The molecule has 0 aromatic heterocycles. The molecule has 0 spiro atoms. The smallest absolute Gasteiger partial charge is 0.275 e. The Kier molecular flexibility index (Phi) is 3.41. The van der Waals surface area contributed by atoms with Gasteiger partial charge in [0.15, 0.2) is 0 Å². The Hall–Kier alpha value is -1.16. The summed E-state index contributed by atoms with van der Waals surface area (Å²) in [6.45, 7) is 3.61. The van der Waals surface area contributed by atoms with Gasteiger partial charge < -0.3 is 4.43 Å². The van der Waals surface area contributed by atoms with Gasteiger partial charge in [0.1, 0.15) is 18.3 Å². The van der Waals surface area contributed by atoms with E-state index in [1.165, 1.54) is 0 Å². The molecule has 0 aliphatic heterocycles. The van der Waals surface area contributed by atoms with Gasteiger partial charge in [-0.3, -0.25) is 9.18 Å². The quantitative estimate of drug-likeness (QED) is 0.566. The molecule has 4 heteroatoms. The van der Waals surface area contributed by atoms with Crippen molar-refractivity contribution >= 4 is 14.6 Å². The highest BCUT2D eigenvalue weighted by atomic mass is 28.4. The van der Waals surface area contributed by atoms with E-state index in [-0.39, 0.29) is 0 Å². The SMILES string of the molecule is C[Si](C)(CF)Oc1ccc(C=O)cc1. The number of alkyl halides is 1. The Bertz CT molecular complexity index is 308. The zero-order valence-electron chi connectivity index (χ0n) is 8.29. The highest BCUT2D eigenvalue weighted by molar-refractivity contribution is 6.71. The lowest BCUT2D eigenvalue weighted by Crippen LogP contribution is -2.37. The topological polar surface area (TPSA) is 26.3 Å². The van der Waals surface area contributed by atoms with Gasteiger partial charge >= 0.3 is 0 Å². The molecule has 14 heavy (non-hydrogen) atoms. The van der Waals surface area contributed by atoms with Gasteiger partial charge in [0.05, 0.1) is 0 Å². The zero-order chi connectivity index (χ0) is 10.6. The molecule has 0 radical (unpaired) electrons. The van der Waals surface area contributed by atoms with Crippen molar-refractivity contribution in [3.8, 4) is 5.75 Å². The van der Waals surface area contributed by atoms with Crippen molar-refractivity contribution in [1.82, 2.24) is 0 Å². The predicted molar refractivity (Wildman–Crippen MR) is 55.9 cm³/mol. The number of aldehydes is 1. The average molecular weight is 212 g/mol. The van der Waals surface area contributed by atoms with E-state index >= 15 is 0 Å². The average Bonchev–Trinajstić information content (AvgIpc) is 2.19. The molecule has 0 N–H and O–H groups in total. The van der Waals surface area contributed by atoms with Crippen molar-refractivity contribution in [2.24, 2.45) is 0 Å². The molecule has 0 saturated heterocycles. The Balaban J connectivity index is 2.73. The van der Waals surface area contributed by atoms with Crippen molar-refractivity contribution in [3.63, 3.8) is 0 Å². The van der Waals surface area contributed by atoms with Gasteiger partial charge in [0, 0.05) is 5.56 Å². The summed E-state index contributed by atoms with van der Waals surface area (Å²) in [4.78, 5) is 10.4. The van der Waals surface area contributed by atoms with Crippen molar-refractivity contribution < 1.29 is 13.6 Å². The molecular formula is C10H13FO2Si. The minimum atomic E-state index is -2.20. The van der Waals surface area contributed by atoms with Crippen LogP contribution in [0.2, 0.25) is 13.1 Å². The second kappa shape index (κ2) is 4.37. The number of rotatable bonds is 4. The number of carbonyl (C=O) groups excluding carboxylic acids is 1. The monoisotopic (exact) mass is 212 g/mol. The molecule has 1 rings (SSSR count). The second-order valence-corrected chi connectivity index (χ2v) is 7.67. The van der Waals surface area contributed by atoms with Crippen LogP contribution < -0.4 is 4.43 Å². The van der Waals surface area contributed by atoms with Gasteiger partial charge in [-0.05, 0) is 37.4 Å². The summed E-state index contributed by atoms with van der Waals surface area (Å²) in [5, 5.41) is 0. The maximum Gasteiger partial charge on any atom is 0.275 e. The van der Waals surface area contributed by atoms with Crippen LogP contribution in [0.3, 0.4) is 0 Å². The summed E-state index contributed by atoms with van der Waals surface area (Å²) in [6.07, 6.45) is 0.351. The lowest BCUT2D eigenvalue weighted by molar-refractivity contribution is 0.112. The van der Waals surface area contributed by atoms with Crippen LogP contribution in [0.15, 0.2) is 24.3 Å². The van der Waals surface area contributed by atoms with Gasteiger partial charge in [-0.15, -0.1) is 0 Å². The summed E-state index contributed by atoms with van der Waals surface area (Å²) >= 11 is 0. The van der Waals surface area contributed by atoms with Crippen LogP contribution in [0, 0.1) is 0 Å². The van der Waals surface area contributed by atoms with E-state index < -0.39 is 14.6 Å². The molecule has 0 fully saturated rings. The normalized spacial score (nSPS) is 11.1. The van der Waals surface area contributed by atoms with Gasteiger partial charge in [-0.1, -0.05) is 0 Å². The maximum absolute atomic E-state index is 12.5. The fraction of sp³-hybridized carbons (Fsp3) is 0.300. The first-order chi connectivity index (χ1) is 6.57. The lowest BCUT2D eigenvalue weighted by atomic mass is 10.2. The molecule has 0 bridgehead atoms. The number of hydrogen-bond donors (Lipinski definition) is 0. The molecule has 0 aliphatic carbocycles. The maximum atomic E-state index is 12.5. The third-order valence-corrected chi connectivity index (χ3v) is 3.16. The number of hydrogen-bond acceptors (Lipinski definition) is 2. The molecule has 0 amide bonds. The molecular weight excluding hydrogens is 199 g/mol.